The summed E-state index contributed by atoms with van der Waals surface area (Å²) in [6.07, 6.45) is 4.14. The van der Waals surface area contributed by atoms with E-state index in [1.165, 1.54) is 16.7 Å². The largest absolute Gasteiger partial charge is 0.459 e. The third kappa shape index (κ3) is 4.48. The van der Waals surface area contributed by atoms with Crippen molar-refractivity contribution in [2.45, 2.75) is 38.3 Å². The van der Waals surface area contributed by atoms with Gasteiger partial charge in [-0.05, 0) is 66.5 Å². The predicted molar refractivity (Wildman–Crippen MR) is 126 cm³/mol. The van der Waals surface area contributed by atoms with Crippen LogP contribution in [0, 0.1) is 6.92 Å². The van der Waals surface area contributed by atoms with Crippen LogP contribution >= 0.6 is 11.3 Å². The van der Waals surface area contributed by atoms with E-state index in [-0.39, 0.29) is 36.3 Å². The van der Waals surface area contributed by atoms with Gasteiger partial charge in [-0.25, -0.2) is 0 Å². The highest BCUT2D eigenvalue weighted by Gasteiger charge is 2.35. The van der Waals surface area contributed by atoms with Crippen molar-refractivity contribution in [3.63, 3.8) is 0 Å². The van der Waals surface area contributed by atoms with Crippen LogP contribution in [0.1, 0.15) is 51.0 Å². The molecule has 0 bridgehead atoms. The Morgan fingerprint density at radius 3 is 2.79 bits per heavy atom. The van der Waals surface area contributed by atoms with E-state index >= 15 is 0 Å². The van der Waals surface area contributed by atoms with E-state index in [2.05, 4.69) is 30.5 Å². The van der Waals surface area contributed by atoms with Gasteiger partial charge >= 0.3 is 0 Å². The summed E-state index contributed by atoms with van der Waals surface area (Å²) in [4.78, 5) is 31.8. The van der Waals surface area contributed by atoms with Crippen LogP contribution in [-0.4, -0.2) is 54.0 Å². The Morgan fingerprint density at radius 2 is 2.03 bits per heavy atom. The fourth-order valence-electron chi connectivity index (χ4n) is 4.88. The van der Waals surface area contributed by atoms with Crippen molar-refractivity contribution in [2.24, 2.45) is 0 Å². The first kappa shape index (κ1) is 21.9. The minimum Gasteiger partial charge on any atom is -0.459 e. The average Bonchev–Trinajstić information content (AvgIpc) is 3.60. The van der Waals surface area contributed by atoms with Gasteiger partial charge in [0, 0.05) is 24.6 Å². The monoisotopic (exact) mass is 464 g/mol. The van der Waals surface area contributed by atoms with Gasteiger partial charge in [-0.3, -0.25) is 9.59 Å². The van der Waals surface area contributed by atoms with Crippen LogP contribution in [0.25, 0.3) is 0 Å². The molecule has 6 nitrogen and oxygen atoms in total. The maximum Gasteiger partial charge on any atom is 0.290 e. The number of carbonyl (C=O) groups excluding carboxylic acids is 2. The molecule has 1 saturated heterocycles. The number of amides is 2. The Kier molecular flexibility index (Phi) is 6.33. The first-order valence-corrected chi connectivity index (χ1v) is 12.4. The average molecular weight is 465 g/mol. The zero-order valence-corrected chi connectivity index (χ0v) is 19.6. The Hall–Kier alpha value is -2.90. The molecule has 2 aliphatic rings. The Bertz CT molecular complexity index is 1120. The van der Waals surface area contributed by atoms with E-state index in [0.29, 0.717) is 19.7 Å². The first-order chi connectivity index (χ1) is 16.1. The number of aryl methyl sites for hydroxylation is 1. The number of fused-ring (bicyclic) bond motifs is 1. The van der Waals surface area contributed by atoms with Gasteiger partial charge in [-0.1, -0.05) is 24.3 Å². The number of rotatable bonds is 6. The molecule has 33 heavy (non-hydrogen) atoms. The van der Waals surface area contributed by atoms with E-state index < -0.39 is 0 Å². The quantitative estimate of drug-likeness (QED) is 0.541. The van der Waals surface area contributed by atoms with Crippen molar-refractivity contribution in [2.75, 3.05) is 26.2 Å². The highest BCUT2D eigenvalue weighted by molar-refractivity contribution is 7.10. The lowest BCUT2D eigenvalue weighted by atomic mass is 9.90. The second kappa shape index (κ2) is 9.53. The van der Waals surface area contributed by atoms with E-state index in [1.54, 1.807) is 28.4 Å². The van der Waals surface area contributed by atoms with E-state index in [4.69, 9.17) is 9.15 Å². The molecule has 2 amide bonds. The summed E-state index contributed by atoms with van der Waals surface area (Å²) in [6.45, 7) is 3.81. The summed E-state index contributed by atoms with van der Waals surface area (Å²) in [6, 6.07) is 13.6. The van der Waals surface area contributed by atoms with Gasteiger partial charge in [-0.2, -0.15) is 0 Å². The van der Waals surface area contributed by atoms with Gasteiger partial charge in [-0.15, -0.1) is 11.3 Å². The van der Waals surface area contributed by atoms with Crippen LogP contribution in [0.4, 0.5) is 0 Å². The van der Waals surface area contributed by atoms with Gasteiger partial charge in [0.1, 0.15) is 6.54 Å². The molecule has 3 aromatic rings. The molecule has 2 unspecified atom stereocenters. The molecule has 172 valence electrons. The summed E-state index contributed by atoms with van der Waals surface area (Å²) in [7, 11) is 0. The van der Waals surface area contributed by atoms with Crippen molar-refractivity contribution in [3.05, 3.63) is 81.4 Å². The van der Waals surface area contributed by atoms with Crippen LogP contribution in [0.15, 0.2) is 58.5 Å². The van der Waals surface area contributed by atoms with Crippen molar-refractivity contribution >= 4 is 23.2 Å². The molecule has 1 fully saturated rings. The Balaban J connectivity index is 1.43. The van der Waals surface area contributed by atoms with Crippen LogP contribution < -0.4 is 0 Å². The minimum atomic E-state index is -0.274. The molecule has 1 aromatic carbocycles. The summed E-state index contributed by atoms with van der Waals surface area (Å²) < 4.78 is 11.1. The number of benzene rings is 1. The number of hydrogen-bond acceptors (Lipinski definition) is 5. The lowest BCUT2D eigenvalue weighted by Crippen LogP contribution is -2.48. The smallest absolute Gasteiger partial charge is 0.290 e. The summed E-state index contributed by atoms with van der Waals surface area (Å²) in [5.74, 6) is -0.0856. The summed E-state index contributed by atoms with van der Waals surface area (Å²) in [5.41, 5.74) is 3.48. The molecule has 5 rings (SSSR count). The van der Waals surface area contributed by atoms with E-state index in [9.17, 15) is 9.59 Å². The number of hydrogen-bond donors (Lipinski definition) is 0. The number of furan rings is 1. The zero-order valence-electron chi connectivity index (χ0n) is 18.7. The van der Waals surface area contributed by atoms with Gasteiger partial charge in [0.2, 0.25) is 5.91 Å². The van der Waals surface area contributed by atoms with E-state index in [1.807, 2.05) is 17.0 Å². The molecule has 2 aromatic heterocycles. The topological polar surface area (TPSA) is 63.0 Å². The lowest BCUT2D eigenvalue weighted by Gasteiger charge is -2.38. The third-order valence-corrected chi connectivity index (χ3v) is 7.56. The van der Waals surface area contributed by atoms with Crippen molar-refractivity contribution in [1.29, 1.82) is 0 Å². The number of carbonyl (C=O) groups is 2. The van der Waals surface area contributed by atoms with E-state index in [0.717, 1.165) is 30.4 Å². The molecule has 7 heteroatoms. The molecule has 4 heterocycles. The van der Waals surface area contributed by atoms with Crippen LogP contribution in [0.2, 0.25) is 0 Å². The highest BCUT2D eigenvalue weighted by atomic mass is 32.1. The van der Waals surface area contributed by atoms with Gasteiger partial charge in [0.25, 0.3) is 5.91 Å². The normalized spacial score (nSPS) is 20.0. The standard InChI is InChI=1S/C26H28N2O4S/c1-18-6-2-3-8-20(18)25-21-11-15-33-23(21)10-12-28(25)24(29)17-27(16-19-7-4-13-31-19)26(30)22-9-5-14-32-22/h2-3,5-6,8-9,11,14-15,19,25H,4,7,10,12-13,16-17H2,1H3. The Labute approximate surface area is 197 Å². The summed E-state index contributed by atoms with van der Waals surface area (Å²) in [5, 5.41) is 2.11. The predicted octanol–water partition coefficient (Wildman–Crippen LogP) is 4.45. The first-order valence-electron chi connectivity index (χ1n) is 11.5. The maximum atomic E-state index is 13.7. The molecular weight excluding hydrogens is 436 g/mol. The molecule has 0 aliphatic carbocycles. The molecular formula is C26H28N2O4S. The molecule has 2 aliphatic heterocycles. The third-order valence-electron chi connectivity index (χ3n) is 6.56. The second-order valence-electron chi connectivity index (χ2n) is 8.69. The van der Waals surface area contributed by atoms with Crippen LogP contribution in [0.5, 0.6) is 0 Å². The number of nitrogens with zero attached hydrogens (tertiary/aromatic N) is 2. The minimum absolute atomic E-state index is 0.00124. The van der Waals surface area contributed by atoms with Gasteiger partial charge in [0.15, 0.2) is 5.76 Å². The number of ether oxygens (including phenoxy) is 1. The van der Waals surface area contributed by atoms with Crippen molar-refractivity contribution < 1.29 is 18.7 Å². The molecule has 0 saturated carbocycles. The molecule has 0 N–H and O–H groups in total. The van der Waals surface area contributed by atoms with Crippen LogP contribution in [0.3, 0.4) is 0 Å². The molecule has 2 atom stereocenters. The Morgan fingerprint density at radius 1 is 1.15 bits per heavy atom. The van der Waals surface area contributed by atoms with Gasteiger partial charge in [0.05, 0.1) is 18.4 Å². The lowest BCUT2D eigenvalue weighted by molar-refractivity contribution is -0.134. The summed E-state index contributed by atoms with van der Waals surface area (Å²) >= 11 is 1.75. The zero-order chi connectivity index (χ0) is 22.8. The molecule has 0 radical (unpaired) electrons. The maximum absolute atomic E-state index is 13.7. The fraction of sp³-hybridized carbons (Fsp3) is 0.385. The number of thiophene rings is 1. The van der Waals surface area contributed by atoms with Crippen molar-refractivity contribution in [3.8, 4) is 0 Å². The highest BCUT2D eigenvalue weighted by Crippen LogP contribution is 2.39. The molecule has 0 spiro atoms. The van der Waals surface area contributed by atoms with Crippen LogP contribution in [-0.2, 0) is 16.0 Å². The SMILES string of the molecule is Cc1ccccc1C1c2ccsc2CCN1C(=O)CN(CC1CCCO1)C(=O)c1ccco1. The van der Waals surface area contributed by atoms with Gasteiger partial charge < -0.3 is 19.0 Å². The van der Waals surface area contributed by atoms with Crippen molar-refractivity contribution in [1.82, 2.24) is 9.80 Å². The fourth-order valence-corrected chi connectivity index (χ4v) is 5.78. The second-order valence-corrected chi connectivity index (χ2v) is 9.69.